The van der Waals surface area contributed by atoms with E-state index in [1.165, 1.54) is 6.08 Å². The zero-order valence-electron chi connectivity index (χ0n) is 11.1. The van der Waals surface area contributed by atoms with Gasteiger partial charge in [0.15, 0.2) is 0 Å². The molecule has 0 bridgehead atoms. The number of carbonyl (C=O) groups is 1. The van der Waals surface area contributed by atoms with Crippen molar-refractivity contribution in [2.24, 2.45) is 0 Å². The average Bonchev–Trinajstić information content (AvgIpc) is 2.42. The van der Waals surface area contributed by atoms with Gasteiger partial charge in [-0.25, -0.2) is 4.79 Å². The van der Waals surface area contributed by atoms with Gasteiger partial charge in [0.2, 0.25) is 0 Å². The molecule has 108 valence electrons. The second-order valence-corrected chi connectivity index (χ2v) is 5.66. The van der Waals surface area contributed by atoms with Crippen LogP contribution in [0.1, 0.15) is 11.1 Å². The number of benzene rings is 2. The summed E-state index contributed by atoms with van der Waals surface area (Å²) >= 11 is 9.60. The summed E-state index contributed by atoms with van der Waals surface area (Å²) in [4.78, 5) is 10.5. The van der Waals surface area contributed by atoms with Gasteiger partial charge in [-0.3, -0.25) is 0 Å². The first-order valence-electron chi connectivity index (χ1n) is 6.10. The Balaban J connectivity index is 2.23. The minimum absolute atomic E-state index is 0.412. The molecule has 0 heterocycles. The molecule has 0 unspecified atom stereocenters. The summed E-state index contributed by atoms with van der Waals surface area (Å²) < 4.78 is 6.60. The summed E-state index contributed by atoms with van der Waals surface area (Å²) in [7, 11) is 0. The number of carboxylic acids is 1. The van der Waals surface area contributed by atoms with Gasteiger partial charge in [-0.1, -0.05) is 23.7 Å². The molecule has 5 heteroatoms. The van der Waals surface area contributed by atoms with E-state index in [-0.39, 0.29) is 0 Å². The van der Waals surface area contributed by atoms with Gasteiger partial charge in [0.1, 0.15) is 11.5 Å². The van der Waals surface area contributed by atoms with Crippen molar-refractivity contribution >= 4 is 39.6 Å². The van der Waals surface area contributed by atoms with Crippen LogP contribution in [0.5, 0.6) is 11.5 Å². The second-order valence-electron chi connectivity index (χ2n) is 4.40. The molecule has 2 aromatic rings. The smallest absolute Gasteiger partial charge is 0.328 e. The van der Waals surface area contributed by atoms with E-state index in [2.05, 4.69) is 15.9 Å². The molecule has 0 saturated heterocycles. The lowest BCUT2D eigenvalue weighted by molar-refractivity contribution is -0.131. The van der Waals surface area contributed by atoms with E-state index in [0.29, 0.717) is 22.1 Å². The van der Waals surface area contributed by atoms with Gasteiger partial charge in [-0.05, 0) is 64.3 Å². The molecule has 3 nitrogen and oxygen atoms in total. The summed E-state index contributed by atoms with van der Waals surface area (Å²) in [6.07, 6.45) is 2.53. The number of hydrogen-bond acceptors (Lipinski definition) is 2. The van der Waals surface area contributed by atoms with Gasteiger partial charge >= 0.3 is 5.97 Å². The normalized spacial score (nSPS) is 10.8. The molecule has 0 spiro atoms. The molecule has 0 fully saturated rings. The molecule has 0 amide bonds. The third-order valence-corrected chi connectivity index (χ3v) is 3.60. The summed E-state index contributed by atoms with van der Waals surface area (Å²) in [5, 5.41) is 9.01. The Hall–Kier alpha value is -1.78. The Bertz CT molecular complexity index is 711. The number of hydrogen-bond donors (Lipinski definition) is 1. The predicted octanol–water partition coefficient (Wildman–Crippen LogP) is 5.30. The van der Waals surface area contributed by atoms with E-state index in [4.69, 9.17) is 21.4 Å². The quantitative estimate of drug-likeness (QED) is 0.746. The van der Waals surface area contributed by atoms with Crippen LogP contribution in [0.15, 0.2) is 46.9 Å². The van der Waals surface area contributed by atoms with Crippen LogP contribution in [0.3, 0.4) is 0 Å². The van der Waals surface area contributed by atoms with Crippen molar-refractivity contribution in [3.63, 3.8) is 0 Å². The Morgan fingerprint density at radius 1 is 1.24 bits per heavy atom. The van der Waals surface area contributed by atoms with Crippen molar-refractivity contribution in [1.29, 1.82) is 0 Å². The third kappa shape index (κ3) is 4.34. The van der Waals surface area contributed by atoms with Gasteiger partial charge in [0.25, 0.3) is 0 Å². The Morgan fingerprint density at radius 2 is 1.95 bits per heavy atom. The molecular formula is C16H12BrClO3. The van der Waals surface area contributed by atoms with Crippen molar-refractivity contribution < 1.29 is 14.6 Å². The number of halogens is 2. The summed E-state index contributed by atoms with van der Waals surface area (Å²) in [5.41, 5.74) is 1.81. The standard InChI is InChI=1S/C16H12BrClO3/c1-10-2-5-14(12(17)8-10)21-15-6-3-11(9-13(15)18)4-7-16(19)20/h2-9H,1H3,(H,19,20)/b7-4+. The fraction of sp³-hybridized carbons (Fsp3) is 0.0625. The zero-order valence-corrected chi connectivity index (χ0v) is 13.5. The average molecular weight is 368 g/mol. The Kier molecular flexibility index (Phi) is 5.04. The first-order valence-corrected chi connectivity index (χ1v) is 7.27. The highest BCUT2D eigenvalue weighted by Gasteiger charge is 2.07. The summed E-state index contributed by atoms with van der Waals surface area (Å²) in [6.45, 7) is 1.99. The molecule has 2 aromatic carbocycles. The van der Waals surface area contributed by atoms with Gasteiger partial charge in [-0.15, -0.1) is 0 Å². The number of carboxylic acid groups (broad SMARTS) is 1. The van der Waals surface area contributed by atoms with Crippen molar-refractivity contribution in [3.8, 4) is 11.5 Å². The van der Waals surface area contributed by atoms with E-state index in [9.17, 15) is 4.79 Å². The topological polar surface area (TPSA) is 46.5 Å². The highest BCUT2D eigenvalue weighted by molar-refractivity contribution is 9.10. The van der Waals surface area contributed by atoms with Crippen molar-refractivity contribution in [1.82, 2.24) is 0 Å². The zero-order chi connectivity index (χ0) is 15.4. The third-order valence-electron chi connectivity index (χ3n) is 2.68. The SMILES string of the molecule is Cc1ccc(Oc2ccc(/C=C/C(=O)O)cc2Cl)c(Br)c1. The first kappa shape index (κ1) is 15.6. The van der Waals surface area contributed by atoms with Crippen LogP contribution in [0.25, 0.3) is 6.08 Å². The lowest BCUT2D eigenvalue weighted by Gasteiger charge is -2.10. The predicted molar refractivity (Wildman–Crippen MR) is 87.1 cm³/mol. The second kappa shape index (κ2) is 6.78. The number of aryl methyl sites for hydroxylation is 1. The lowest BCUT2D eigenvalue weighted by atomic mass is 10.2. The number of rotatable bonds is 4. The molecule has 0 aliphatic rings. The lowest BCUT2D eigenvalue weighted by Crippen LogP contribution is -1.89. The summed E-state index contributed by atoms with van der Waals surface area (Å²) in [6, 6.07) is 10.8. The van der Waals surface area contributed by atoms with Crippen LogP contribution >= 0.6 is 27.5 Å². The van der Waals surface area contributed by atoms with Gasteiger partial charge in [-0.2, -0.15) is 0 Å². The number of aliphatic carboxylic acids is 1. The number of ether oxygens (including phenoxy) is 1. The van der Waals surface area contributed by atoms with Crippen molar-refractivity contribution in [2.75, 3.05) is 0 Å². The molecular weight excluding hydrogens is 356 g/mol. The maximum Gasteiger partial charge on any atom is 0.328 e. The van der Waals surface area contributed by atoms with Crippen molar-refractivity contribution in [2.45, 2.75) is 6.92 Å². The molecule has 2 rings (SSSR count). The molecule has 0 aromatic heterocycles. The largest absolute Gasteiger partial charge is 0.478 e. The van der Waals surface area contributed by atoms with Crippen LogP contribution in [0.4, 0.5) is 0 Å². The molecule has 21 heavy (non-hydrogen) atoms. The van der Waals surface area contributed by atoms with E-state index < -0.39 is 5.97 Å². The van der Waals surface area contributed by atoms with Crippen molar-refractivity contribution in [3.05, 3.63) is 63.1 Å². The van der Waals surface area contributed by atoms with Crippen LogP contribution < -0.4 is 4.74 Å². The molecule has 0 radical (unpaired) electrons. The van der Waals surface area contributed by atoms with E-state index in [1.807, 2.05) is 25.1 Å². The minimum atomic E-state index is -1.00. The fourth-order valence-electron chi connectivity index (χ4n) is 1.68. The van der Waals surface area contributed by atoms with Crippen LogP contribution in [-0.2, 0) is 4.79 Å². The fourth-order valence-corrected chi connectivity index (χ4v) is 2.48. The summed E-state index contributed by atoms with van der Waals surface area (Å²) in [5.74, 6) is 0.167. The van der Waals surface area contributed by atoms with E-state index in [0.717, 1.165) is 16.1 Å². The Labute approximate surface area is 135 Å². The van der Waals surface area contributed by atoms with Crippen LogP contribution in [0, 0.1) is 6.92 Å². The highest BCUT2D eigenvalue weighted by Crippen LogP contribution is 2.34. The molecule has 0 atom stereocenters. The monoisotopic (exact) mass is 366 g/mol. The molecule has 0 aliphatic heterocycles. The van der Waals surface area contributed by atoms with E-state index in [1.54, 1.807) is 18.2 Å². The highest BCUT2D eigenvalue weighted by atomic mass is 79.9. The first-order chi connectivity index (χ1) is 9.95. The van der Waals surface area contributed by atoms with Crippen LogP contribution in [0.2, 0.25) is 5.02 Å². The molecule has 1 N–H and O–H groups in total. The van der Waals surface area contributed by atoms with Gasteiger partial charge in [0.05, 0.1) is 9.50 Å². The minimum Gasteiger partial charge on any atom is -0.478 e. The maximum atomic E-state index is 10.5. The maximum absolute atomic E-state index is 10.5. The Morgan fingerprint density at radius 3 is 2.57 bits per heavy atom. The van der Waals surface area contributed by atoms with E-state index >= 15 is 0 Å². The molecule has 0 aliphatic carbocycles. The van der Waals surface area contributed by atoms with Gasteiger partial charge < -0.3 is 9.84 Å². The molecule has 0 saturated carbocycles. The van der Waals surface area contributed by atoms with Gasteiger partial charge in [0, 0.05) is 6.08 Å². The van der Waals surface area contributed by atoms with Crippen LogP contribution in [-0.4, -0.2) is 11.1 Å².